The van der Waals surface area contributed by atoms with Gasteiger partial charge >= 0.3 is 6.01 Å². The van der Waals surface area contributed by atoms with Gasteiger partial charge in [-0.2, -0.15) is 0 Å². The quantitative estimate of drug-likeness (QED) is 0.943. The average Bonchev–Trinajstić information content (AvgIpc) is 2.35. The first-order valence-corrected chi connectivity index (χ1v) is 6.43. The summed E-state index contributed by atoms with van der Waals surface area (Å²) >= 11 is 3.41. The van der Waals surface area contributed by atoms with Crippen molar-refractivity contribution in [3.63, 3.8) is 0 Å². The zero-order valence-electron chi connectivity index (χ0n) is 10.1. The highest BCUT2D eigenvalue weighted by Crippen LogP contribution is 2.25. The Hall–Kier alpha value is -1.46. The van der Waals surface area contributed by atoms with Gasteiger partial charge in [0.1, 0.15) is 5.75 Å². The molecule has 2 N–H and O–H groups in total. The molecule has 18 heavy (non-hydrogen) atoms. The summed E-state index contributed by atoms with van der Waals surface area (Å²) in [5.74, 6) is 0.754. The van der Waals surface area contributed by atoms with E-state index >= 15 is 0 Å². The van der Waals surface area contributed by atoms with Crippen molar-refractivity contribution in [2.24, 2.45) is 5.73 Å². The fourth-order valence-corrected chi connectivity index (χ4v) is 1.99. The second kappa shape index (κ2) is 5.93. The molecule has 0 aliphatic rings. The molecule has 1 aromatic heterocycles. The van der Waals surface area contributed by atoms with Crippen molar-refractivity contribution in [3.05, 3.63) is 46.2 Å². The minimum atomic E-state index is 0.348. The molecule has 0 atom stereocenters. The molecule has 0 unspecified atom stereocenters. The zero-order valence-corrected chi connectivity index (χ0v) is 11.6. The highest BCUT2D eigenvalue weighted by molar-refractivity contribution is 9.10. The Kier molecular flexibility index (Phi) is 4.28. The Morgan fingerprint density at radius 3 is 2.61 bits per heavy atom. The van der Waals surface area contributed by atoms with Crippen molar-refractivity contribution in [1.82, 2.24) is 9.97 Å². The van der Waals surface area contributed by atoms with E-state index in [0.717, 1.165) is 27.8 Å². The summed E-state index contributed by atoms with van der Waals surface area (Å²) in [6.07, 6.45) is 4.25. The average molecular weight is 308 g/mol. The van der Waals surface area contributed by atoms with Gasteiger partial charge in [0.15, 0.2) is 0 Å². The fraction of sp³-hybridized carbons (Fsp3) is 0.231. The molecule has 0 aliphatic carbocycles. The van der Waals surface area contributed by atoms with Gasteiger partial charge in [0.2, 0.25) is 0 Å². The van der Waals surface area contributed by atoms with E-state index in [4.69, 9.17) is 10.5 Å². The Bertz CT molecular complexity index is 528. The van der Waals surface area contributed by atoms with Gasteiger partial charge in [0.05, 0.1) is 0 Å². The van der Waals surface area contributed by atoms with E-state index in [1.807, 2.05) is 25.1 Å². The van der Waals surface area contributed by atoms with Crippen molar-refractivity contribution in [2.75, 3.05) is 6.54 Å². The van der Waals surface area contributed by atoms with Crippen molar-refractivity contribution in [3.8, 4) is 11.8 Å². The normalized spacial score (nSPS) is 10.4. The number of aromatic nitrogens is 2. The molecule has 0 spiro atoms. The van der Waals surface area contributed by atoms with E-state index in [1.165, 1.54) is 0 Å². The third-order valence-electron chi connectivity index (χ3n) is 2.45. The van der Waals surface area contributed by atoms with Gasteiger partial charge in [-0.15, -0.1) is 0 Å². The lowest BCUT2D eigenvalue weighted by Crippen LogP contribution is -2.03. The van der Waals surface area contributed by atoms with E-state index in [-0.39, 0.29) is 0 Å². The molecule has 2 aromatic rings. The predicted molar refractivity (Wildman–Crippen MR) is 73.7 cm³/mol. The summed E-state index contributed by atoms with van der Waals surface area (Å²) in [5.41, 5.74) is 7.50. The number of nitrogens with two attached hydrogens (primary N) is 1. The van der Waals surface area contributed by atoms with Gasteiger partial charge in [-0.05, 0) is 49.2 Å². The van der Waals surface area contributed by atoms with Crippen LogP contribution >= 0.6 is 15.9 Å². The number of benzene rings is 1. The van der Waals surface area contributed by atoms with Crippen LogP contribution in [0, 0.1) is 6.92 Å². The summed E-state index contributed by atoms with van der Waals surface area (Å²) in [5, 5.41) is 0. The van der Waals surface area contributed by atoms with Crippen LogP contribution in [0.2, 0.25) is 0 Å². The van der Waals surface area contributed by atoms with Gasteiger partial charge in [-0.25, -0.2) is 9.97 Å². The van der Waals surface area contributed by atoms with Gasteiger partial charge in [0, 0.05) is 16.9 Å². The molecule has 2 rings (SSSR count). The van der Waals surface area contributed by atoms with E-state index in [1.54, 1.807) is 12.4 Å². The molecule has 0 fully saturated rings. The molecule has 1 aromatic carbocycles. The largest absolute Gasteiger partial charge is 0.424 e. The standard InChI is InChI=1S/C13H14BrN3O/c1-9-6-11(14)2-3-12(9)18-13-16-7-10(4-5-15)8-17-13/h2-3,6-8H,4-5,15H2,1H3. The Morgan fingerprint density at radius 2 is 2.00 bits per heavy atom. The number of aryl methyl sites for hydroxylation is 1. The first kappa shape index (κ1) is 13.0. The number of halogens is 1. The van der Waals surface area contributed by atoms with Gasteiger partial charge in [-0.1, -0.05) is 15.9 Å². The minimum Gasteiger partial charge on any atom is -0.424 e. The SMILES string of the molecule is Cc1cc(Br)ccc1Oc1ncc(CCN)cn1. The lowest BCUT2D eigenvalue weighted by atomic mass is 10.2. The maximum absolute atomic E-state index is 5.62. The number of rotatable bonds is 4. The lowest BCUT2D eigenvalue weighted by Gasteiger charge is -2.07. The third-order valence-corrected chi connectivity index (χ3v) is 2.95. The smallest absolute Gasteiger partial charge is 0.321 e. The first-order chi connectivity index (χ1) is 8.69. The number of hydrogen-bond acceptors (Lipinski definition) is 4. The maximum atomic E-state index is 5.62. The molecule has 1 heterocycles. The fourth-order valence-electron chi connectivity index (χ4n) is 1.52. The van der Waals surface area contributed by atoms with Crippen molar-refractivity contribution in [1.29, 1.82) is 0 Å². The van der Waals surface area contributed by atoms with Crippen LogP contribution in [0.1, 0.15) is 11.1 Å². The third kappa shape index (κ3) is 3.27. The van der Waals surface area contributed by atoms with Crippen LogP contribution in [0.4, 0.5) is 0 Å². The monoisotopic (exact) mass is 307 g/mol. The zero-order chi connectivity index (χ0) is 13.0. The Balaban J connectivity index is 2.13. The van der Waals surface area contributed by atoms with Crippen LogP contribution in [0.5, 0.6) is 11.8 Å². The van der Waals surface area contributed by atoms with Crippen LogP contribution in [0.25, 0.3) is 0 Å². The number of hydrogen-bond donors (Lipinski definition) is 1. The predicted octanol–water partition coefficient (Wildman–Crippen LogP) is 2.84. The van der Waals surface area contributed by atoms with Gasteiger partial charge < -0.3 is 10.5 Å². The van der Waals surface area contributed by atoms with Crippen LogP contribution in [0.3, 0.4) is 0 Å². The highest BCUT2D eigenvalue weighted by Gasteiger charge is 2.04. The minimum absolute atomic E-state index is 0.348. The summed E-state index contributed by atoms with van der Waals surface area (Å²) in [4.78, 5) is 8.31. The Labute approximate surface area is 114 Å². The van der Waals surface area contributed by atoms with E-state index < -0.39 is 0 Å². The highest BCUT2D eigenvalue weighted by atomic mass is 79.9. The Morgan fingerprint density at radius 1 is 1.28 bits per heavy atom. The maximum Gasteiger partial charge on any atom is 0.321 e. The van der Waals surface area contributed by atoms with Crippen LogP contribution < -0.4 is 10.5 Å². The summed E-state index contributed by atoms with van der Waals surface area (Å²) in [6, 6.07) is 6.14. The summed E-state index contributed by atoms with van der Waals surface area (Å²) in [6.45, 7) is 2.57. The molecule has 0 aliphatic heterocycles. The molecule has 0 amide bonds. The summed E-state index contributed by atoms with van der Waals surface area (Å²) < 4.78 is 6.64. The number of nitrogens with zero attached hydrogens (tertiary/aromatic N) is 2. The van der Waals surface area contributed by atoms with Crippen molar-refractivity contribution in [2.45, 2.75) is 13.3 Å². The number of ether oxygens (including phenoxy) is 1. The summed E-state index contributed by atoms with van der Waals surface area (Å²) in [7, 11) is 0. The van der Waals surface area contributed by atoms with E-state index in [9.17, 15) is 0 Å². The van der Waals surface area contributed by atoms with Crippen molar-refractivity contribution < 1.29 is 4.74 Å². The van der Waals surface area contributed by atoms with E-state index in [2.05, 4.69) is 25.9 Å². The van der Waals surface area contributed by atoms with Crippen molar-refractivity contribution >= 4 is 15.9 Å². The molecule has 0 radical (unpaired) electrons. The second-order valence-corrected chi connectivity index (χ2v) is 4.84. The van der Waals surface area contributed by atoms with Crippen LogP contribution in [-0.4, -0.2) is 16.5 Å². The molecule has 5 heteroatoms. The molecule has 0 saturated heterocycles. The molecular weight excluding hydrogens is 294 g/mol. The van der Waals surface area contributed by atoms with Crippen LogP contribution in [0.15, 0.2) is 35.1 Å². The second-order valence-electron chi connectivity index (χ2n) is 3.92. The van der Waals surface area contributed by atoms with Crippen LogP contribution in [-0.2, 0) is 6.42 Å². The topological polar surface area (TPSA) is 61.0 Å². The van der Waals surface area contributed by atoms with E-state index in [0.29, 0.717) is 12.6 Å². The molecule has 4 nitrogen and oxygen atoms in total. The van der Waals surface area contributed by atoms with Gasteiger partial charge in [0.25, 0.3) is 0 Å². The lowest BCUT2D eigenvalue weighted by molar-refractivity contribution is 0.438. The molecule has 0 bridgehead atoms. The molecule has 0 saturated carbocycles. The molecule has 94 valence electrons. The first-order valence-electron chi connectivity index (χ1n) is 5.64. The van der Waals surface area contributed by atoms with Gasteiger partial charge in [-0.3, -0.25) is 0 Å². The molecular formula is C13H14BrN3O.